The van der Waals surface area contributed by atoms with Gasteiger partial charge < -0.3 is 4.74 Å². The summed E-state index contributed by atoms with van der Waals surface area (Å²) in [6, 6.07) is 7.24. The fraction of sp³-hybridized carbons (Fsp3) is 0.167. The molecule has 0 aliphatic rings. The smallest absolute Gasteiger partial charge is 0.358 e. The molecule has 0 saturated heterocycles. The van der Waals surface area contributed by atoms with E-state index in [0.29, 0.717) is 0 Å². The van der Waals surface area contributed by atoms with E-state index in [1.807, 2.05) is 6.07 Å². The second kappa shape index (κ2) is 6.65. The minimum atomic E-state index is -3.82. The van der Waals surface area contributed by atoms with Gasteiger partial charge in [0.1, 0.15) is 0 Å². The SMILES string of the molecule is COC(=O)c1ncsc1S(=O)(=O)NCc1cccc(Br)c1. The van der Waals surface area contributed by atoms with Gasteiger partial charge in [-0.25, -0.2) is 22.9 Å². The van der Waals surface area contributed by atoms with Crippen LogP contribution in [0.4, 0.5) is 0 Å². The molecule has 0 atom stereocenters. The maximum Gasteiger partial charge on any atom is 0.358 e. The highest BCUT2D eigenvalue weighted by Crippen LogP contribution is 2.21. The van der Waals surface area contributed by atoms with Gasteiger partial charge in [-0.1, -0.05) is 28.1 Å². The second-order valence-corrected chi connectivity index (χ2v) is 7.67. The molecule has 0 aliphatic carbocycles. The first kappa shape index (κ1) is 16.1. The summed E-state index contributed by atoms with van der Waals surface area (Å²) in [4.78, 5) is 15.2. The molecule has 0 aliphatic heterocycles. The van der Waals surface area contributed by atoms with Crippen molar-refractivity contribution in [3.63, 3.8) is 0 Å². The third kappa shape index (κ3) is 3.88. The number of benzene rings is 1. The highest BCUT2D eigenvalue weighted by Gasteiger charge is 2.26. The van der Waals surface area contributed by atoms with Gasteiger partial charge >= 0.3 is 5.97 Å². The monoisotopic (exact) mass is 390 g/mol. The second-order valence-electron chi connectivity index (χ2n) is 3.93. The highest BCUT2D eigenvalue weighted by molar-refractivity contribution is 9.10. The van der Waals surface area contributed by atoms with Crippen LogP contribution in [0, 0.1) is 0 Å². The Labute approximate surface area is 134 Å². The molecule has 2 rings (SSSR count). The molecule has 0 saturated carbocycles. The Balaban J connectivity index is 2.19. The van der Waals surface area contributed by atoms with Crippen LogP contribution >= 0.6 is 27.3 Å². The predicted octanol–water partition coefficient (Wildman–Crippen LogP) is 2.17. The van der Waals surface area contributed by atoms with Crippen molar-refractivity contribution in [3.8, 4) is 0 Å². The number of ether oxygens (including phenoxy) is 1. The van der Waals surface area contributed by atoms with Crippen LogP contribution in [0.1, 0.15) is 16.1 Å². The summed E-state index contributed by atoms with van der Waals surface area (Å²) in [5, 5.41) is 0. The lowest BCUT2D eigenvalue weighted by molar-refractivity contribution is 0.0590. The summed E-state index contributed by atoms with van der Waals surface area (Å²) in [6.45, 7) is 0.111. The zero-order chi connectivity index (χ0) is 15.5. The van der Waals surface area contributed by atoms with E-state index in [0.717, 1.165) is 21.4 Å². The lowest BCUT2D eigenvalue weighted by Gasteiger charge is -2.06. The van der Waals surface area contributed by atoms with Crippen LogP contribution in [0.3, 0.4) is 0 Å². The van der Waals surface area contributed by atoms with Gasteiger partial charge in [0.15, 0.2) is 9.90 Å². The van der Waals surface area contributed by atoms with E-state index in [9.17, 15) is 13.2 Å². The van der Waals surface area contributed by atoms with Crippen LogP contribution in [0.5, 0.6) is 0 Å². The molecule has 21 heavy (non-hydrogen) atoms. The van der Waals surface area contributed by atoms with Gasteiger partial charge in [-0.05, 0) is 17.7 Å². The molecular weight excluding hydrogens is 380 g/mol. The van der Waals surface area contributed by atoms with E-state index >= 15 is 0 Å². The Morgan fingerprint density at radius 1 is 1.48 bits per heavy atom. The number of hydrogen-bond acceptors (Lipinski definition) is 6. The number of thiazole rings is 1. The maximum absolute atomic E-state index is 12.2. The van der Waals surface area contributed by atoms with Crippen molar-refractivity contribution in [2.24, 2.45) is 0 Å². The molecule has 1 heterocycles. The summed E-state index contributed by atoms with van der Waals surface area (Å²) in [6.07, 6.45) is 0. The van der Waals surface area contributed by atoms with Crippen molar-refractivity contribution >= 4 is 43.3 Å². The van der Waals surface area contributed by atoms with Crippen molar-refractivity contribution < 1.29 is 17.9 Å². The molecule has 0 amide bonds. The number of halogens is 1. The number of rotatable bonds is 5. The molecule has 2 aromatic rings. The molecule has 0 bridgehead atoms. The van der Waals surface area contributed by atoms with Gasteiger partial charge in [-0.3, -0.25) is 0 Å². The van der Waals surface area contributed by atoms with Crippen LogP contribution < -0.4 is 4.72 Å². The minimum Gasteiger partial charge on any atom is -0.464 e. The van der Waals surface area contributed by atoms with Crippen molar-refractivity contribution in [2.45, 2.75) is 10.8 Å². The number of carbonyl (C=O) groups excluding carboxylic acids is 1. The summed E-state index contributed by atoms with van der Waals surface area (Å²) in [5.41, 5.74) is 1.88. The minimum absolute atomic E-state index is 0.111. The molecule has 112 valence electrons. The summed E-state index contributed by atoms with van der Waals surface area (Å²) in [5.74, 6) is -0.779. The molecule has 0 radical (unpaired) electrons. The Kier molecular flexibility index (Phi) is 5.09. The molecule has 0 spiro atoms. The molecule has 1 aromatic carbocycles. The van der Waals surface area contributed by atoms with Gasteiger partial charge in [0, 0.05) is 11.0 Å². The van der Waals surface area contributed by atoms with E-state index in [4.69, 9.17) is 0 Å². The Morgan fingerprint density at radius 3 is 2.90 bits per heavy atom. The molecule has 9 heteroatoms. The van der Waals surface area contributed by atoms with Crippen molar-refractivity contribution in [1.29, 1.82) is 0 Å². The largest absolute Gasteiger partial charge is 0.464 e. The van der Waals surface area contributed by atoms with E-state index in [1.54, 1.807) is 18.2 Å². The topological polar surface area (TPSA) is 85.4 Å². The van der Waals surface area contributed by atoms with Gasteiger partial charge in [-0.2, -0.15) is 0 Å². The van der Waals surface area contributed by atoms with Crippen molar-refractivity contribution in [3.05, 3.63) is 45.5 Å². The van der Waals surface area contributed by atoms with Crippen LogP contribution in [0.2, 0.25) is 0 Å². The van der Waals surface area contributed by atoms with Crippen LogP contribution in [-0.2, 0) is 21.3 Å². The maximum atomic E-state index is 12.2. The standard InChI is InChI=1S/C12H11BrN2O4S2/c1-19-11(16)10-12(20-7-14-10)21(17,18)15-6-8-3-2-4-9(13)5-8/h2-5,7,15H,6H2,1H3. The van der Waals surface area contributed by atoms with Crippen LogP contribution in [0.25, 0.3) is 0 Å². The Hall–Kier alpha value is -1.29. The third-order valence-electron chi connectivity index (χ3n) is 2.51. The number of nitrogens with zero attached hydrogens (tertiary/aromatic N) is 1. The summed E-state index contributed by atoms with van der Waals surface area (Å²) in [7, 11) is -2.65. The number of methoxy groups -OCH3 is 1. The fourth-order valence-corrected chi connectivity index (χ4v) is 4.19. The number of carbonyl (C=O) groups is 1. The highest BCUT2D eigenvalue weighted by atomic mass is 79.9. The van der Waals surface area contributed by atoms with Gasteiger partial charge in [0.2, 0.25) is 0 Å². The zero-order valence-corrected chi connectivity index (χ0v) is 14.1. The zero-order valence-electron chi connectivity index (χ0n) is 10.9. The number of esters is 1. The number of sulfonamides is 1. The van der Waals surface area contributed by atoms with Crippen LogP contribution in [0.15, 0.2) is 38.5 Å². The first-order valence-corrected chi connectivity index (χ1v) is 8.85. The number of aromatic nitrogens is 1. The van der Waals surface area contributed by atoms with E-state index < -0.39 is 16.0 Å². The van der Waals surface area contributed by atoms with Gasteiger partial charge in [-0.15, -0.1) is 11.3 Å². The average molecular weight is 391 g/mol. The normalized spacial score (nSPS) is 11.3. The van der Waals surface area contributed by atoms with Crippen molar-refractivity contribution in [1.82, 2.24) is 9.71 Å². The Bertz CT molecular complexity index is 758. The predicted molar refractivity (Wildman–Crippen MR) is 81.6 cm³/mol. The summed E-state index contributed by atoms with van der Waals surface area (Å²) < 4.78 is 32.1. The summed E-state index contributed by atoms with van der Waals surface area (Å²) >= 11 is 4.18. The van der Waals surface area contributed by atoms with E-state index in [2.05, 4.69) is 30.4 Å². The first-order valence-electron chi connectivity index (χ1n) is 5.70. The van der Waals surface area contributed by atoms with Crippen LogP contribution in [-0.4, -0.2) is 26.5 Å². The molecule has 0 unspecified atom stereocenters. The van der Waals surface area contributed by atoms with E-state index in [1.165, 1.54) is 12.6 Å². The lowest BCUT2D eigenvalue weighted by Crippen LogP contribution is -2.24. The number of hydrogen-bond donors (Lipinski definition) is 1. The quantitative estimate of drug-likeness (QED) is 0.790. The fourth-order valence-electron chi connectivity index (χ4n) is 1.55. The molecule has 1 N–H and O–H groups in total. The van der Waals surface area contributed by atoms with E-state index in [-0.39, 0.29) is 16.4 Å². The van der Waals surface area contributed by atoms with Gasteiger partial charge in [0.25, 0.3) is 10.0 Å². The Morgan fingerprint density at radius 2 is 2.24 bits per heavy atom. The van der Waals surface area contributed by atoms with Crippen molar-refractivity contribution in [2.75, 3.05) is 7.11 Å². The first-order chi connectivity index (χ1) is 9.94. The van der Waals surface area contributed by atoms with Gasteiger partial charge in [0.05, 0.1) is 12.6 Å². The molecule has 0 fully saturated rings. The lowest BCUT2D eigenvalue weighted by atomic mass is 10.2. The molecular formula is C12H11BrN2O4S2. The third-order valence-corrected chi connectivity index (χ3v) is 5.78. The average Bonchev–Trinajstić information content (AvgIpc) is 2.95. The molecule has 1 aromatic heterocycles. The molecule has 6 nitrogen and oxygen atoms in total. The number of nitrogens with one attached hydrogen (secondary N) is 1.